The Bertz CT molecular complexity index is 398. The van der Waals surface area contributed by atoms with Crippen LogP contribution in [-0.2, 0) is 9.53 Å². The number of carbonyl (C=O) groups is 1. The van der Waals surface area contributed by atoms with Crippen LogP contribution in [0, 0.1) is 5.82 Å². The van der Waals surface area contributed by atoms with Crippen molar-refractivity contribution in [2.75, 3.05) is 13.2 Å². The minimum atomic E-state index is -0.294. The zero-order valence-electron chi connectivity index (χ0n) is 9.80. The maximum atomic E-state index is 12.9. The maximum absolute atomic E-state index is 12.9. The minimum absolute atomic E-state index is 0.0608. The Hall–Kier alpha value is -0.940. The van der Waals surface area contributed by atoms with E-state index in [9.17, 15) is 9.18 Å². The van der Waals surface area contributed by atoms with Gasteiger partial charge in [0.2, 0.25) is 0 Å². The van der Waals surface area contributed by atoms with Crippen molar-refractivity contribution < 1.29 is 13.9 Å². The molecular weight excluding hydrogens is 289 g/mol. The lowest BCUT2D eigenvalue weighted by atomic mass is 10.1. The van der Waals surface area contributed by atoms with E-state index in [0.29, 0.717) is 11.1 Å². The van der Waals surface area contributed by atoms with Crippen LogP contribution < -0.4 is 5.32 Å². The van der Waals surface area contributed by atoms with Crippen LogP contribution in [0.5, 0.6) is 0 Å². The number of esters is 1. The van der Waals surface area contributed by atoms with Gasteiger partial charge in [-0.05, 0) is 31.5 Å². The molecule has 1 rings (SSSR count). The van der Waals surface area contributed by atoms with E-state index in [4.69, 9.17) is 4.74 Å². The van der Waals surface area contributed by atoms with Crippen LogP contribution in [0.2, 0.25) is 0 Å². The van der Waals surface area contributed by atoms with Crippen LogP contribution in [0.3, 0.4) is 0 Å². The molecule has 1 unspecified atom stereocenters. The van der Waals surface area contributed by atoms with Gasteiger partial charge in [0, 0.05) is 10.5 Å². The Morgan fingerprint density at radius 2 is 2.29 bits per heavy atom. The lowest BCUT2D eigenvalue weighted by molar-refractivity contribution is -0.142. The molecular formula is C12H15BrFNO2. The van der Waals surface area contributed by atoms with Gasteiger partial charge >= 0.3 is 5.97 Å². The minimum Gasteiger partial charge on any atom is -0.465 e. The van der Waals surface area contributed by atoms with Gasteiger partial charge in [0.1, 0.15) is 5.82 Å². The lowest BCUT2D eigenvalue weighted by Crippen LogP contribution is -2.27. The van der Waals surface area contributed by atoms with Crippen LogP contribution >= 0.6 is 15.9 Å². The summed E-state index contributed by atoms with van der Waals surface area (Å²) in [4.78, 5) is 11.2. The highest BCUT2D eigenvalue weighted by atomic mass is 79.9. The van der Waals surface area contributed by atoms with Crippen LogP contribution in [0.25, 0.3) is 0 Å². The highest BCUT2D eigenvalue weighted by Crippen LogP contribution is 2.23. The smallest absolute Gasteiger partial charge is 0.319 e. The van der Waals surface area contributed by atoms with Crippen LogP contribution in [0.1, 0.15) is 25.5 Å². The molecule has 5 heteroatoms. The Balaban J connectivity index is 2.57. The van der Waals surface area contributed by atoms with Gasteiger partial charge in [0.15, 0.2) is 0 Å². The first-order valence-electron chi connectivity index (χ1n) is 5.38. The van der Waals surface area contributed by atoms with Crippen molar-refractivity contribution in [3.63, 3.8) is 0 Å². The second kappa shape index (κ2) is 6.71. The zero-order valence-corrected chi connectivity index (χ0v) is 11.4. The molecule has 0 aromatic heterocycles. The molecule has 0 fully saturated rings. The predicted octanol–water partition coefficient (Wildman–Crippen LogP) is 2.80. The van der Waals surface area contributed by atoms with E-state index in [1.807, 2.05) is 6.92 Å². The van der Waals surface area contributed by atoms with Crippen molar-refractivity contribution in [1.29, 1.82) is 0 Å². The monoisotopic (exact) mass is 303 g/mol. The molecule has 1 N–H and O–H groups in total. The van der Waals surface area contributed by atoms with Crippen LogP contribution in [0.4, 0.5) is 4.39 Å². The molecule has 17 heavy (non-hydrogen) atoms. The van der Waals surface area contributed by atoms with Crippen molar-refractivity contribution in [2.45, 2.75) is 19.9 Å². The second-order valence-electron chi connectivity index (χ2n) is 3.57. The first kappa shape index (κ1) is 14.1. The fourth-order valence-electron chi connectivity index (χ4n) is 1.41. The lowest BCUT2D eigenvalue weighted by Gasteiger charge is -2.15. The van der Waals surface area contributed by atoms with Gasteiger partial charge in [-0.2, -0.15) is 0 Å². The van der Waals surface area contributed by atoms with Crippen molar-refractivity contribution in [3.05, 3.63) is 34.1 Å². The number of rotatable bonds is 5. The SMILES string of the molecule is CCOC(=O)CNC(C)c1ccc(F)cc1Br. The van der Waals surface area contributed by atoms with E-state index < -0.39 is 0 Å². The van der Waals surface area contributed by atoms with Gasteiger partial charge in [-0.3, -0.25) is 4.79 Å². The fraction of sp³-hybridized carbons (Fsp3) is 0.417. The van der Waals surface area contributed by atoms with E-state index in [1.165, 1.54) is 12.1 Å². The number of hydrogen-bond acceptors (Lipinski definition) is 3. The first-order valence-corrected chi connectivity index (χ1v) is 6.17. The molecule has 1 atom stereocenters. The summed E-state index contributed by atoms with van der Waals surface area (Å²) in [5.74, 6) is -0.587. The van der Waals surface area contributed by atoms with Gasteiger partial charge in [-0.15, -0.1) is 0 Å². The van der Waals surface area contributed by atoms with Crippen molar-refractivity contribution in [1.82, 2.24) is 5.32 Å². The summed E-state index contributed by atoms with van der Waals surface area (Å²) in [6.07, 6.45) is 0. The van der Waals surface area contributed by atoms with Crippen LogP contribution in [0.15, 0.2) is 22.7 Å². The molecule has 3 nitrogen and oxygen atoms in total. The summed E-state index contributed by atoms with van der Waals surface area (Å²) in [6, 6.07) is 4.41. The molecule has 1 aromatic carbocycles. The molecule has 1 aromatic rings. The third-order valence-electron chi connectivity index (χ3n) is 2.29. The number of halogens is 2. The molecule has 0 heterocycles. The molecule has 0 saturated heterocycles. The topological polar surface area (TPSA) is 38.3 Å². The molecule has 0 aliphatic rings. The van der Waals surface area contributed by atoms with E-state index in [2.05, 4.69) is 21.2 Å². The molecule has 0 saturated carbocycles. The van der Waals surface area contributed by atoms with Gasteiger partial charge < -0.3 is 10.1 Å². The number of ether oxygens (including phenoxy) is 1. The summed E-state index contributed by atoms with van der Waals surface area (Å²) in [7, 11) is 0. The Morgan fingerprint density at radius 3 is 2.88 bits per heavy atom. The van der Waals surface area contributed by atoms with Crippen molar-refractivity contribution in [2.24, 2.45) is 0 Å². The average molecular weight is 304 g/mol. The third-order valence-corrected chi connectivity index (χ3v) is 2.97. The Morgan fingerprint density at radius 1 is 1.59 bits per heavy atom. The molecule has 0 aliphatic carbocycles. The largest absolute Gasteiger partial charge is 0.465 e. The summed E-state index contributed by atoms with van der Waals surface area (Å²) < 4.78 is 18.4. The molecule has 0 radical (unpaired) electrons. The Labute approximate surface area is 108 Å². The second-order valence-corrected chi connectivity index (χ2v) is 4.43. The number of hydrogen-bond donors (Lipinski definition) is 1. The molecule has 0 spiro atoms. The number of nitrogens with one attached hydrogen (secondary N) is 1. The highest BCUT2D eigenvalue weighted by Gasteiger charge is 2.11. The molecule has 94 valence electrons. The Kier molecular flexibility index (Phi) is 5.58. The fourth-order valence-corrected chi connectivity index (χ4v) is 2.11. The summed E-state index contributed by atoms with van der Waals surface area (Å²) in [5, 5.41) is 3.02. The summed E-state index contributed by atoms with van der Waals surface area (Å²) in [6.45, 7) is 4.17. The van der Waals surface area contributed by atoms with Gasteiger partial charge in [0.05, 0.1) is 13.2 Å². The highest BCUT2D eigenvalue weighted by molar-refractivity contribution is 9.10. The van der Waals surface area contributed by atoms with Gasteiger partial charge in [0.25, 0.3) is 0 Å². The van der Waals surface area contributed by atoms with Gasteiger partial charge in [-0.25, -0.2) is 4.39 Å². The maximum Gasteiger partial charge on any atom is 0.319 e. The van der Waals surface area contributed by atoms with E-state index in [1.54, 1.807) is 13.0 Å². The molecule has 0 amide bonds. The van der Waals surface area contributed by atoms with E-state index in [-0.39, 0.29) is 24.4 Å². The predicted molar refractivity (Wildman–Crippen MR) is 67.2 cm³/mol. The zero-order chi connectivity index (χ0) is 12.8. The van der Waals surface area contributed by atoms with E-state index in [0.717, 1.165) is 5.56 Å². The number of carbonyl (C=O) groups excluding carboxylic acids is 1. The molecule has 0 aliphatic heterocycles. The normalized spacial score (nSPS) is 12.2. The van der Waals surface area contributed by atoms with Crippen molar-refractivity contribution >= 4 is 21.9 Å². The number of benzene rings is 1. The average Bonchev–Trinajstić information content (AvgIpc) is 2.26. The quantitative estimate of drug-likeness (QED) is 0.850. The van der Waals surface area contributed by atoms with E-state index >= 15 is 0 Å². The van der Waals surface area contributed by atoms with Crippen molar-refractivity contribution in [3.8, 4) is 0 Å². The standard InChI is InChI=1S/C12H15BrFNO2/c1-3-17-12(16)7-15-8(2)10-5-4-9(14)6-11(10)13/h4-6,8,15H,3,7H2,1-2H3. The summed E-state index contributed by atoms with van der Waals surface area (Å²) >= 11 is 3.29. The third kappa shape index (κ3) is 4.44. The van der Waals surface area contributed by atoms with Crippen LogP contribution in [-0.4, -0.2) is 19.1 Å². The molecule has 0 bridgehead atoms. The first-order chi connectivity index (χ1) is 8.04. The van der Waals surface area contributed by atoms with Gasteiger partial charge in [-0.1, -0.05) is 22.0 Å². The summed E-state index contributed by atoms with van der Waals surface area (Å²) in [5.41, 5.74) is 0.899.